The lowest BCUT2D eigenvalue weighted by molar-refractivity contribution is 0.0916. The van der Waals surface area contributed by atoms with Crippen molar-refractivity contribution in [3.8, 4) is 0 Å². The first-order valence-corrected chi connectivity index (χ1v) is 6.10. The molecule has 2 N–H and O–H groups in total. The van der Waals surface area contributed by atoms with E-state index in [9.17, 15) is 9.90 Å². The van der Waals surface area contributed by atoms with Gasteiger partial charge < -0.3 is 10.4 Å². The largest absolute Gasteiger partial charge is 0.394 e. The second-order valence-corrected chi connectivity index (χ2v) is 4.31. The number of aromatic nitrogens is 1. The van der Waals surface area contributed by atoms with Crippen LogP contribution < -0.4 is 5.32 Å². The molecule has 1 aromatic carbocycles. The molecule has 1 unspecified atom stereocenters. The monoisotopic (exact) mass is 256 g/mol. The molecule has 1 amide bonds. The van der Waals surface area contributed by atoms with Crippen molar-refractivity contribution in [3.05, 3.63) is 65.5 Å². The number of aliphatic hydroxyl groups is 1. The number of nitrogens with one attached hydrogen (secondary N) is 1. The number of nitrogens with zero attached hydrogens (tertiary/aromatic N) is 1. The third-order valence-corrected chi connectivity index (χ3v) is 2.86. The minimum atomic E-state index is -0.407. The van der Waals surface area contributed by atoms with Crippen molar-refractivity contribution < 1.29 is 9.90 Å². The van der Waals surface area contributed by atoms with Crippen molar-refractivity contribution in [2.24, 2.45) is 0 Å². The lowest BCUT2D eigenvalue weighted by Crippen LogP contribution is -2.30. The molecule has 0 saturated heterocycles. The zero-order valence-corrected chi connectivity index (χ0v) is 10.7. The van der Waals surface area contributed by atoms with E-state index in [2.05, 4.69) is 10.3 Å². The Labute approximate surface area is 112 Å². The van der Waals surface area contributed by atoms with E-state index in [1.165, 1.54) is 6.20 Å². The van der Waals surface area contributed by atoms with Gasteiger partial charge in [-0.3, -0.25) is 9.78 Å². The summed E-state index contributed by atoms with van der Waals surface area (Å²) in [4.78, 5) is 16.1. The predicted molar refractivity (Wildman–Crippen MR) is 72.7 cm³/mol. The highest BCUT2D eigenvalue weighted by atomic mass is 16.3. The molecule has 4 nitrogen and oxygen atoms in total. The van der Waals surface area contributed by atoms with Crippen LogP contribution in [0.5, 0.6) is 0 Å². The Morgan fingerprint density at radius 3 is 2.58 bits per heavy atom. The first kappa shape index (κ1) is 13.2. The lowest BCUT2D eigenvalue weighted by Gasteiger charge is -2.16. The van der Waals surface area contributed by atoms with Crippen LogP contribution in [0.25, 0.3) is 0 Å². The molecule has 0 saturated carbocycles. The maximum absolute atomic E-state index is 12.0. The summed E-state index contributed by atoms with van der Waals surface area (Å²) >= 11 is 0. The van der Waals surface area contributed by atoms with Crippen LogP contribution in [0.15, 0.2) is 48.7 Å². The molecule has 2 rings (SSSR count). The van der Waals surface area contributed by atoms with Crippen LogP contribution >= 0.6 is 0 Å². The molecule has 1 aromatic heterocycles. The molecule has 1 heterocycles. The van der Waals surface area contributed by atoms with Gasteiger partial charge in [0, 0.05) is 11.9 Å². The third kappa shape index (κ3) is 3.39. The molecule has 0 radical (unpaired) electrons. The van der Waals surface area contributed by atoms with Crippen LogP contribution in [0, 0.1) is 6.92 Å². The first-order valence-electron chi connectivity index (χ1n) is 6.10. The summed E-state index contributed by atoms with van der Waals surface area (Å²) in [5.74, 6) is -0.240. The fraction of sp³-hybridized carbons (Fsp3) is 0.200. The van der Waals surface area contributed by atoms with Gasteiger partial charge in [-0.2, -0.15) is 0 Å². The van der Waals surface area contributed by atoms with E-state index >= 15 is 0 Å². The predicted octanol–water partition coefficient (Wildman–Crippen LogP) is 1.85. The van der Waals surface area contributed by atoms with Gasteiger partial charge in [-0.05, 0) is 24.6 Å². The minimum Gasteiger partial charge on any atom is -0.394 e. The summed E-state index contributed by atoms with van der Waals surface area (Å²) in [6, 6.07) is 12.5. The van der Waals surface area contributed by atoms with E-state index in [1.54, 1.807) is 12.1 Å². The van der Waals surface area contributed by atoms with Crippen molar-refractivity contribution >= 4 is 5.91 Å². The number of rotatable bonds is 4. The fourth-order valence-electron chi connectivity index (χ4n) is 1.76. The number of aliphatic hydroxyl groups excluding tert-OH is 1. The van der Waals surface area contributed by atoms with Crippen molar-refractivity contribution in [2.75, 3.05) is 6.61 Å². The van der Waals surface area contributed by atoms with Crippen LogP contribution in [0.4, 0.5) is 0 Å². The number of amides is 1. The van der Waals surface area contributed by atoms with E-state index in [0.717, 1.165) is 11.3 Å². The van der Waals surface area contributed by atoms with E-state index in [1.807, 2.05) is 37.3 Å². The molecule has 0 aliphatic carbocycles. The summed E-state index contributed by atoms with van der Waals surface area (Å²) in [6.45, 7) is 1.72. The topological polar surface area (TPSA) is 62.2 Å². The smallest absolute Gasteiger partial charge is 0.253 e. The number of pyridine rings is 1. The Morgan fingerprint density at radius 1 is 1.26 bits per heavy atom. The lowest BCUT2D eigenvalue weighted by atomic mass is 10.1. The molecule has 19 heavy (non-hydrogen) atoms. The summed E-state index contributed by atoms with van der Waals surface area (Å²) in [5, 5.41) is 12.2. The third-order valence-electron chi connectivity index (χ3n) is 2.86. The Morgan fingerprint density at radius 2 is 2.00 bits per heavy atom. The molecule has 1 atom stereocenters. The molecule has 2 aromatic rings. The number of hydrogen-bond donors (Lipinski definition) is 2. The van der Waals surface area contributed by atoms with E-state index < -0.39 is 6.04 Å². The number of hydrogen-bond acceptors (Lipinski definition) is 3. The molecule has 0 spiro atoms. The minimum absolute atomic E-state index is 0.144. The second-order valence-electron chi connectivity index (χ2n) is 4.31. The highest BCUT2D eigenvalue weighted by Crippen LogP contribution is 2.12. The molecule has 98 valence electrons. The zero-order chi connectivity index (χ0) is 13.7. The number of benzene rings is 1. The van der Waals surface area contributed by atoms with Crippen molar-refractivity contribution in [2.45, 2.75) is 13.0 Å². The van der Waals surface area contributed by atoms with Gasteiger partial charge in [0.25, 0.3) is 5.91 Å². The van der Waals surface area contributed by atoms with Crippen LogP contribution in [0.3, 0.4) is 0 Å². The SMILES string of the molecule is Cc1ccc(C(=O)NC(CO)c2ccccc2)cn1. The number of carbonyl (C=O) groups is 1. The first-order chi connectivity index (χ1) is 9.20. The van der Waals surface area contributed by atoms with Gasteiger partial charge in [0.1, 0.15) is 0 Å². The van der Waals surface area contributed by atoms with Gasteiger partial charge in [0.2, 0.25) is 0 Å². The normalized spacial score (nSPS) is 11.9. The van der Waals surface area contributed by atoms with Crippen molar-refractivity contribution in [1.82, 2.24) is 10.3 Å². The molecular formula is C15H16N2O2. The second kappa shape index (κ2) is 6.11. The summed E-state index contributed by atoms with van der Waals surface area (Å²) in [7, 11) is 0. The fourth-order valence-corrected chi connectivity index (χ4v) is 1.76. The van der Waals surface area contributed by atoms with Crippen LogP contribution in [0.2, 0.25) is 0 Å². The Balaban J connectivity index is 2.10. The molecular weight excluding hydrogens is 240 g/mol. The summed E-state index contributed by atoms with van der Waals surface area (Å²) < 4.78 is 0. The van der Waals surface area contributed by atoms with Gasteiger partial charge >= 0.3 is 0 Å². The molecule has 0 fully saturated rings. The van der Waals surface area contributed by atoms with Crippen molar-refractivity contribution in [1.29, 1.82) is 0 Å². The molecule has 4 heteroatoms. The van der Waals surface area contributed by atoms with Crippen LogP contribution in [-0.4, -0.2) is 22.6 Å². The average Bonchev–Trinajstić information content (AvgIpc) is 2.46. The van der Waals surface area contributed by atoms with Crippen LogP contribution in [-0.2, 0) is 0 Å². The highest BCUT2D eigenvalue weighted by Gasteiger charge is 2.14. The van der Waals surface area contributed by atoms with Gasteiger partial charge in [-0.25, -0.2) is 0 Å². The average molecular weight is 256 g/mol. The van der Waals surface area contributed by atoms with E-state index in [-0.39, 0.29) is 12.5 Å². The maximum Gasteiger partial charge on any atom is 0.253 e. The van der Waals surface area contributed by atoms with E-state index in [0.29, 0.717) is 5.56 Å². The quantitative estimate of drug-likeness (QED) is 0.877. The number of aryl methyl sites for hydroxylation is 1. The zero-order valence-electron chi connectivity index (χ0n) is 10.7. The van der Waals surface area contributed by atoms with E-state index in [4.69, 9.17) is 0 Å². The Hall–Kier alpha value is -2.20. The van der Waals surface area contributed by atoms with Crippen molar-refractivity contribution in [3.63, 3.8) is 0 Å². The van der Waals surface area contributed by atoms with Gasteiger partial charge in [-0.1, -0.05) is 30.3 Å². The standard InChI is InChI=1S/C15H16N2O2/c1-11-7-8-13(9-16-11)15(19)17-14(10-18)12-5-3-2-4-6-12/h2-9,14,18H,10H2,1H3,(H,17,19). The summed E-state index contributed by atoms with van der Waals surface area (Å²) in [5.41, 5.74) is 2.22. The van der Waals surface area contributed by atoms with Crippen LogP contribution in [0.1, 0.15) is 27.7 Å². The molecule has 0 aliphatic heterocycles. The Bertz CT molecular complexity index is 538. The van der Waals surface area contributed by atoms with Gasteiger partial charge in [0.05, 0.1) is 18.2 Å². The van der Waals surface area contributed by atoms with Gasteiger partial charge in [-0.15, -0.1) is 0 Å². The number of carbonyl (C=O) groups excluding carboxylic acids is 1. The maximum atomic E-state index is 12.0. The molecule has 0 bridgehead atoms. The molecule has 0 aliphatic rings. The summed E-state index contributed by atoms with van der Waals surface area (Å²) in [6.07, 6.45) is 1.53. The van der Waals surface area contributed by atoms with Gasteiger partial charge in [0.15, 0.2) is 0 Å². The Kier molecular flexibility index (Phi) is 4.26. The highest BCUT2D eigenvalue weighted by molar-refractivity contribution is 5.94.